The normalized spacial score (nSPS) is 15.7. The number of ether oxygens (including phenoxy) is 1. The number of hydrogen-bond donors (Lipinski definition) is 3. The van der Waals surface area contributed by atoms with Crippen LogP contribution in [0.3, 0.4) is 0 Å². The van der Waals surface area contributed by atoms with Crippen molar-refractivity contribution in [3.63, 3.8) is 0 Å². The quantitative estimate of drug-likeness (QED) is 0.544. The lowest BCUT2D eigenvalue weighted by molar-refractivity contribution is 0.0948. The molecule has 0 unspecified atom stereocenters. The Morgan fingerprint density at radius 1 is 1.39 bits per heavy atom. The Labute approximate surface area is 184 Å². The third kappa shape index (κ3) is 4.86. The SMILES string of the molecule is CSC1(CO/C(N)=c2/c(=C\N)cc(C(=O)NCc3ccc(C#N)cc3)c(=O)n2C)CC1. The Balaban J connectivity index is 1.86. The van der Waals surface area contributed by atoms with Crippen LogP contribution in [0.5, 0.6) is 0 Å². The molecule has 0 spiro atoms. The molecule has 8 nitrogen and oxygen atoms in total. The molecule has 0 aliphatic heterocycles. The smallest absolute Gasteiger partial charge is 0.263 e. The van der Waals surface area contributed by atoms with Crippen molar-refractivity contribution in [3.05, 3.63) is 67.9 Å². The third-order valence-electron chi connectivity index (χ3n) is 5.37. The second kappa shape index (κ2) is 9.18. The van der Waals surface area contributed by atoms with Gasteiger partial charge in [-0.15, -0.1) is 0 Å². The number of carbonyl (C=O) groups is 1. The van der Waals surface area contributed by atoms with Crippen molar-refractivity contribution >= 4 is 29.8 Å². The number of benzene rings is 1. The molecule has 1 aliphatic rings. The minimum Gasteiger partial charge on any atom is -0.476 e. The van der Waals surface area contributed by atoms with Crippen LogP contribution < -0.4 is 32.9 Å². The summed E-state index contributed by atoms with van der Waals surface area (Å²) < 4.78 is 7.13. The molecule has 5 N–H and O–H groups in total. The number of hydrogen-bond acceptors (Lipinski definition) is 7. The van der Waals surface area contributed by atoms with Gasteiger partial charge in [-0.1, -0.05) is 12.1 Å². The van der Waals surface area contributed by atoms with Gasteiger partial charge in [0.25, 0.3) is 11.5 Å². The van der Waals surface area contributed by atoms with Crippen molar-refractivity contribution in [2.24, 2.45) is 18.5 Å². The molecule has 1 aromatic carbocycles. The molecular formula is C22H25N5O3S. The zero-order chi connectivity index (χ0) is 22.6. The third-order valence-corrected chi connectivity index (χ3v) is 6.76. The summed E-state index contributed by atoms with van der Waals surface area (Å²) in [5.41, 5.74) is 12.7. The zero-order valence-corrected chi connectivity index (χ0v) is 18.3. The molecule has 1 heterocycles. The van der Waals surface area contributed by atoms with E-state index in [0.29, 0.717) is 22.7 Å². The second-order valence-electron chi connectivity index (χ2n) is 7.42. The van der Waals surface area contributed by atoms with Gasteiger partial charge in [-0.2, -0.15) is 17.0 Å². The number of aromatic nitrogens is 1. The molecular weight excluding hydrogens is 414 g/mol. The van der Waals surface area contributed by atoms with Gasteiger partial charge in [0.2, 0.25) is 5.88 Å². The molecule has 1 aliphatic carbocycles. The van der Waals surface area contributed by atoms with E-state index in [1.54, 1.807) is 36.0 Å². The molecule has 31 heavy (non-hydrogen) atoms. The van der Waals surface area contributed by atoms with Crippen LogP contribution in [0, 0.1) is 11.3 Å². The van der Waals surface area contributed by atoms with Crippen molar-refractivity contribution in [2.45, 2.75) is 24.1 Å². The lowest BCUT2D eigenvalue weighted by atomic mass is 10.1. The molecule has 0 bridgehead atoms. The number of nitrogens with zero attached hydrogens (tertiary/aromatic N) is 2. The van der Waals surface area contributed by atoms with Gasteiger partial charge in [0, 0.05) is 29.8 Å². The monoisotopic (exact) mass is 439 g/mol. The van der Waals surface area contributed by atoms with Crippen molar-refractivity contribution < 1.29 is 9.53 Å². The van der Waals surface area contributed by atoms with Crippen LogP contribution >= 0.6 is 11.8 Å². The van der Waals surface area contributed by atoms with Gasteiger partial charge in [0.15, 0.2) is 0 Å². The van der Waals surface area contributed by atoms with Crippen LogP contribution in [0.4, 0.5) is 0 Å². The maximum Gasteiger partial charge on any atom is 0.263 e. The Bertz CT molecular complexity index is 1210. The predicted octanol–water partition coefficient (Wildman–Crippen LogP) is -0.180. The summed E-state index contributed by atoms with van der Waals surface area (Å²) in [6, 6.07) is 10.3. The number of pyridine rings is 1. The number of carbonyl (C=O) groups excluding carboxylic acids is 1. The highest BCUT2D eigenvalue weighted by molar-refractivity contribution is 8.00. The lowest BCUT2D eigenvalue weighted by Crippen LogP contribution is -2.48. The summed E-state index contributed by atoms with van der Waals surface area (Å²) in [5, 5.41) is 12.3. The second-order valence-corrected chi connectivity index (χ2v) is 8.70. The fraction of sp³-hybridized carbons (Fsp3) is 0.318. The Hall–Kier alpha value is -3.38. The Morgan fingerprint density at radius 3 is 2.61 bits per heavy atom. The summed E-state index contributed by atoms with van der Waals surface area (Å²) in [5.74, 6) is -0.431. The van der Waals surface area contributed by atoms with E-state index in [1.807, 2.05) is 12.3 Å². The van der Waals surface area contributed by atoms with Crippen LogP contribution in [0.1, 0.15) is 34.3 Å². The molecule has 0 saturated heterocycles. The largest absolute Gasteiger partial charge is 0.476 e. The molecule has 1 saturated carbocycles. The van der Waals surface area contributed by atoms with Gasteiger partial charge in [0.05, 0.1) is 11.6 Å². The average molecular weight is 440 g/mol. The zero-order valence-electron chi connectivity index (χ0n) is 17.5. The summed E-state index contributed by atoms with van der Waals surface area (Å²) in [4.78, 5) is 25.5. The van der Waals surface area contributed by atoms with Gasteiger partial charge in [-0.3, -0.25) is 9.59 Å². The summed E-state index contributed by atoms with van der Waals surface area (Å²) >= 11 is 1.74. The summed E-state index contributed by atoms with van der Waals surface area (Å²) in [6.45, 7) is 0.663. The highest BCUT2D eigenvalue weighted by Crippen LogP contribution is 2.47. The van der Waals surface area contributed by atoms with Gasteiger partial charge >= 0.3 is 0 Å². The van der Waals surface area contributed by atoms with Crippen LogP contribution in [0.15, 0.2) is 35.1 Å². The molecule has 1 aromatic heterocycles. The van der Waals surface area contributed by atoms with Gasteiger partial charge in [0.1, 0.15) is 17.5 Å². The topological polar surface area (TPSA) is 136 Å². The highest BCUT2D eigenvalue weighted by atomic mass is 32.2. The Kier molecular flexibility index (Phi) is 6.61. The first-order valence-corrected chi connectivity index (χ1v) is 10.9. The minimum atomic E-state index is -0.529. The van der Waals surface area contributed by atoms with Crippen LogP contribution in [0.2, 0.25) is 0 Å². The first-order chi connectivity index (χ1) is 14.8. The van der Waals surface area contributed by atoms with E-state index >= 15 is 0 Å². The number of rotatable bonds is 7. The van der Waals surface area contributed by atoms with E-state index in [9.17, 15) is 9.59 Å². The van der Waals surface area contributed by atoms with E-state index in [2.05, 4.69) is 5.32 Å². The molecule has 1 fully saturated rings. The fourth-order valence-corrected chi connectivity index (χ4v) is 3.84. The summed E-state index contributed by atoms with van der Waals surface area (Å²) in [6.07, 6.45) is 5.46. The van der Waals surface area contributed by atoms with E-state index in [0.717, 1.165) is 18.4 Å². The van der Waals surface area contributed by atoms with Gasteiger partial charge in [-0.25, -0.2) is 0 Å². The Morgan fingerprint density at radius 2 is 2.06 bits per heavy atom. The number of thioether (sulfide) groups is 1. The molecule has 0 radical (unpaired) electrons. The predicted molar refractivity (Wildman–Crippen MR) is 121 cm³/mol. The number of nitrogens with one attached hydrogen (secondary N) is 1. The van der Waals surface area contributed by atoms with Crippen molar-refractivity contribution in [1.29, 1.82) is 5.26 Å². The van der Waals surface area contributed by atoms with E-state index in [-0.39, 0.29) is 22.7 Å². The van der Waals surface area contributed by atoms with Crippen molar-refractivity contribution in [3.8, 4) is 6.07 Å². The summed E-state index contributed by atoms with van der Waals surface area (Å²) in [7, 11) is 1.53. The number of nitrogens with two attached hydrogens (primary N) is 2. The maximum atomic E-state index is 12.9. The molecule has 162 valence electrons. The fourth-order valence-electron chi connectivity index (χ4n) is 3.16. The molecule has 3 rings (SSSR count). The first kappa shape index (κ1) is 22.3. The average Bonchev–Trinajstić information content (AvgIpc) is 3.58. The van der Waals surface area contributed by atoms with Crippen molar-refractivity contribution in [2.75, 3.05) is 12.9 Å². The standard InChI is InChI=1S/C22H25N5O3S/c1-27-18(19(25)30-13-22(31-2)7-8-22)16(11-24)9-17(21(27)29)20(28)26-12-15-5-3-14(10-23)4-6-15/h3-6,9,11H,7-8,12-13,24-25H2,1-2H3,(H,26,28)/b16-11-,19-18-. The van der Waals surface area contributed by atoms with Gasteiger partial charge in [-0.05, 0) is 42.9 Å². The van der Waals surface area contributed by atoms with Gasteiger partial charge < -0.3 is 26.1 Å². The van der Waals surface area contributed by atoms with E-state index in [1.165, 1.54) is 23.9 Å². The van der Waals surface area contributed by atoms with E-state index in [4.69, 9.17) is 21.5 Å². The molecule has 2 aromatic rings. The first-order valence-electron chi connectivity index (χ1n) is 9.71. The van der Waals surface area contributed by atoms with Crippen LogP contribution in [0.25, 0.3) is 12.1 Å². The minimum absolute atomic E-state index is 0.0489. The number of amides is 1. The highest BCUT2D eigenvalue weighted by Gasteiger charge is 2.43. The van der Waals surface area contributed by atoms with Crippen molar-refractivity contribution in [1.82, 2.24) is 9.88 Å². The lowest BCUT2D eigenvalue weighted by Gasteiger charge is -2.15. The maximum absolute atomic E-state index is 12.9. The van der Waals surface area contributed by atoms with Crippen LogP contribution in [-0.2, 0) is 18.3 Å². The number of nitriles is 1. The van der Waals surface area contributed by atoms with Crippen LogP contribution in [-0.4, -0.2) is 28.1 Å². The molecule has 9 heteroatoms. The molecule has 0 atom stereocenters. The molecule has 1 amide bonds. The van der Waals surface area contributed by atoms with E-state index < -0.39 is 11.5 Å².